The Bertz CT molecular complexity index is 1260. The first-order valence-corrected chi connectivity index (χ1v) is 10.6. The molecule has 0 spiro atoms. The number of hydrogen-bond donors (Lipinski definition) is 0. The van der Waals surface area contributed by atoms with Gasteiger partial charge >= 0.3 is 0 Å². The summed E-state index contributed by atoms with van der Waals surface area (Å²) in [5.74, 6) is -2.02. The molecule has 4 nitrogen and oxygen atoms in total. The number of rotatable bonds is 2. The second-order valence-corrected chi connectivity index (χ2v) is 8.92. The van der Waals surface area contributed by atoms with E-state index in [0.29, 0.717) is 5.69 Å². The lowest BCUT2D eigenvalue weighted by Gasteiger charge is -2.51. The van der Waals surface area contributed by atoms with E-state index in [1.165, 1.54) is 4.90 Å². The molecule has 2 atom stereocenters. The van der Waals surface area contributed by atoms with E-state index in [4.69, 9.17) is 0 Å². The van der Waals surface area contributed by atoms with Crippen molar-refractivity contribution < 1.29 is 14.4 Å². The Balaban J connectivity index is 1.63. The van der Waals surface area contributed by atoms with Crippen molar-refractivity contribution in [1.29, 1.82) is 0 Å². The van der Waals surface area contributed by atoms with E-state index in [9.17, 15) is 14.4 Å². The minimum absolute atomic E-state index is 0.210. The van der Waals surface area contributed by atoms with Gasteiger partial charge in [-0.1, -0.05) is 54.6 Å². The zero-order valence-electron chi connectivity index (χ0n) is 17.3. The average Bonchev–Trinajstić information content (AvgIpc) is 3.07. The second-order valence-electron chi connectivity index (χ2n) is 8.92. The molecule has 0 saturated carbocycles. The van der Waals surface area contributed by atoms with Gasteiger partial charge in [0.15, 0.2) is 0 Å². The van der Waals surface area contributed by atoms with Crippen LogP contribution in [0.3, 0.4) is 0 Å². The van der Waals surface area contributed by atoms with E-state index in [0.717, 1.165) is 39.7 Å². The van der Waals surface area contributed by atoms with Crippen LogP contribution < -0.4 is 4.90 Å². The minimum atomic E-state index is -1.15. The molecule has 7 rings (SSSR count). The highest BCUT2D eigenvalue weighted by Crippen LogP contribution is 2.63. The molecule has 3 aliphatic carbocycles. The van der Waals surface area contributed by atoms with E-state index in [1.807, 2.05) is 80.6 Å². The Hall–Kier alpha value is -3.53. The van der Waals surface area contributed by atoms with Crippen LogP contribution in [-0.2, 0) is 19.8 Å². The van der Waals surface area contributed by atoms with Crippen LogP contribution in [-0.4, -0.2) is 18.1 Å². The first-order valence-electron chi connectivity index (χ1n) is 10.6. The Labute approximate surface area is 180 Å². The van der Waals surface area contributed by atoms with Crippen LogP contribution in [0.5, 0.6) is 0 Å². The van der Waals surface area contributed by atoms with Crippen LogP contribution in [0.25, 0.3) is 0 Å². The normalized spacial score (nSPS) is 27.7. The summed E-state index contributed by atoms with van der Waals surface area (Å²) >= 11 is 0. The Kier molecular flexibility index (Phi) is 3.54. The van der Waals surface area contributed by atoms with Crippen LogP contribution in [0.2, 0.25) is 0 Å². The predicted octanol–water partition coefficient (Wildman–Crippen LogP) is 4.05. The summed E-state index contributed by atoms with van der Waals surface area (Å²) in [5.41, 5.74) is 5.25. The maximum absolute atomic E-state index is 13.9. The SMILES string of the molecule is Cc1ccc(N2C(=O)[C@@H]3C4c5ccccc5C(C=O)(c5ccccc54)[C@H]3C2=O)cc1C. The fraction of sp³-hybridized carbons (Fsp3) is 0.222. The standard InChI is InChI=1S/C27H21NO3/c1-15-11-12-17(13-16(15)2)28-25(30)23-22-18-7-3-5-9-20(18)27(14-29,24(23)26(28)31)21-10-6-4-8-19(21)22/h3-14,22-24H,1-2H3/t22?,23-,24-,27?/m1/s1. The summed E-state index contributed by atoms with van der Waals surface area (Å²) in [7, 11) is 0. The van der Waals surface area contributed by atoms with Crippen molar-refractivity contribution in [1.82, 2.24) is 0 Å². The molecule has 31 heavy (non-hydrogen) atoms. The molecule has 1 saturated heterocycles. The number of carbonyl (C=O) groups is 3. The number of amides is 2. The molecule has 2 amide bonds. The molecule has 0 radical (unpaired) electrons. The van der Waals surface area contributed by atoms with Crippen LogP contribution in [0.4, 0.5) is 5.69 Å². The van der Waals surface area contributed by atoms with Gasteiger partial charge in [0.2, 0.25) is 11.8 Å². The quantitative estimate of drug-likeness (QED) is 0.476. The average molecular weight is 407 g/mol. The lowest BCUT2D eigenvalue weighted by atomic mass is 9.48. The highest BCUT2D eigenvalue weighted by Gasteiger charge is 2.68. The summed E-state index contributed by atoms with van der Waals surface area (Å²) in [5, 5.41) is 0. The van der Waals surface area contributed by atoms with Crippen LogP contribution in [0.15, 0.2) is 66.7 Å². The van der Waals surface area contributed by atoms with Crippen molar-refractivity contribution in [3.63, 3.8) is 0 Å². The van der Waals surface area contributed by atoms with Gasteiger partial charge < -0.3 is 4.79 Å². The van der Waals surface area contributed by atoms with E-state index in [2.05, 4.69) is 0 Å². The van der Waals surface area contributed by atoms with Crippen molar-refractivity contribution in [2.45, 2.75) is 25.2 Å². The van der Waals surface area contributed by atoms with Gasteiger partial charge in [0, 0.05) is 5.92 Å². The number of anilines is 1. The Morgan fingerprint density at radius 1 is 0.806 bits per heavy atom. The largest absolute Gasteiger partial charge is 0.302 e. The number of benzene rings is 3. The molecule has 1 aliphatic heterocycles. The Morgan fingerprint density at radius 2 is 1.42 bits per heavy atom. The fourth-order valence-corrected chi connectivity index (χ4v) is 6.15. The molecule has 3 aromatic carbocycles. The number of aldehydes is 1. The number of imide groups is 1. The van der Waals surface area contributed by atoms with Crippen molar-refractivity contribution in [2.75, 3.05) is 4.90 Å². The molecule has 4 aliphatic rings. The van der Waals surface area contributed by atoms with E-state index < -0.39 is 17.3 Å². The van der Waals surface area contributed by atoms with Crippen LogP contribution in [0.1, 0.15) is 39.3 Å². The fourth-order valence-electron chi connectivity index (χ4n) is 6.15. The predicted molar refractivity (Wildman–Crippen MR) is 117 cm³/mol. The van der Waals surface area contributed by atoms with Crippen molar-refractivity contribution in [3.8, 4) is 0 Å². The van der Waals surface area contributed by atoms with E-state index in [-0.39, 0.29) is 17.7 Å². The first-order chi connectivity index (χ1) is 15.0. The van der Waals surface area contributed by atoms with Gasteiger partial charge in [-0.05, 0) is 59.4 Å². The summed E-state index contributed by atoms with van der Waals surface area (Å²) in [6.45, 7) is 3.97. The molecule has 3 aromatic rings. The zero-order chi connectivity index (χ0) is 21.5. The lowest BCUT2D eigenvalue weighted by Crippen LogP contribution is -2.54. The van der Waals surface area contributed by atoms with Gasteiger partial charge in [-0.15, -0.1) is 0 Å². The summed E-state index contributed by atoms with van der Waals surface area (Å²) in [6.07, 6.45) is 0.910. The minimum Gasteiger partial charge on any atom is -0.302 e. The molecule has 4 heteroatoms. The van der Waals surface area contributed by atoms with Gasteiger partial charge in [0.1, 0.15) is 6.29 Å². The lowest BCUT2D eigenvalue weighted by molar-refractivity contribution is -0.128. The van der Waals surface area contributed by atoms with E-state index in [1.54, 1.807) is 0 Å². The van der Waals surface area contributed by atoms with Crippen molar-refractivity contribution in [2.24, 2.45) is 11.8 Å². The first kappa shape index (κ1) is 18.3. The Morgan fingerprint density at radius 3 is 2.00 bits per heavy atom. The molecule has 0 aromatic heterocycles. The molecule has 1 fully saturated rings. The third kappa shape index (κ3) is 2.03. The number of aryl methyl sites for hydroxylation is 2. The number of hydrogen-bond acceptors (Lipinski definition) is 3. The highest BCUT2D eigenvalue weighted by atomic mass is 16.2. The molecule has 1 heterocycles. The second kappa shape index (κ2) is 6.01. The summed E-state index contributed by atoms with van der Waals surface area (Å²) in [6, 6.07) is 21.2. The zero-order valence-corrected chi connectivity index (χ0v) is 17.3. The van der Waals surface area contributed by atoms with Gasteiger partial charge in [0.25, 0.3) is 0 Å². The topological polar surface area (TPSA) is 54.5 Å². The van der Waals surface area contributed by atoms with E-state index >= 15 is 0 Å². The van der Waals surface area contributed by atoms with Crippen LogP contribution in [0, 0.1) is 25.7 Å². The molecular formula is C27H21NO3. The summed E-state index contributed by atoms with van der Waals surface area (Å²) < 4.78 is 0. The molecular weight excluding hydrogens is 386 g/mol. The maximum atomic E-state index is 13.9. The molecule has 2 bridgehead atoms. The van der Waals surface area contributed by atoms with Gasteiger partial charge in [0.05, 0.1) is 22.9 Å². The molecule has 152 valence electrons. The third-order valence-corrected chi connectivity index (χ3v) is 7.62. The summed E-state index contributed by atoms with van der Waals surface area (Å²) in [4.78, 5) is 41.9. The van der Waals surface area contributed by atoms with Gasteiger partial charge in [-0.25, -0.2) is 4.90 Å². The number of carbonyl (C=O) groups excluding carboxylic acids is 3. The van der Waals surface area contributed by atoms with Crippen LogP contribution >= 0.6 is 0 Å². The molecule has 0 unspecified atom stereocenters. The third-order valence-electron chi connectivity index (χ3n) is 7.62. The van der Waals surface area contributed by atoms with Crippen molar-refractivity contribution >= 4 is 23.8 Å². The highest BCUT2D eigenvalue weighted by molar-refractivity contribution is 6.24. The monoisotopic (exact) mass is 407 g/mol. The molecule has 0 N–H and O–H groups in total. The van der Waals surface area contributed by atoms with Crippen molar-refractivity contribution in [3.05, 3.63) is 100 Å². The van der Waals surface area contributed by atoms with Gasteiger partial charge in [-0.2, -0.15) is 0 Å². The number of nitrogens with zero attached hydrogens (tertiary/aromatic N) is 1. The smallest absolute Gasteiger partial charge is 0.239 e. The maximum Gasteiger partial charge on any atom is 0.239 e. The van der Waals surface area contributed by atoms with Gasteiger partial charge in [-0.3, -0.25) is 9.59 Å².